The maximum atomic E-state index is 13.6. The van der Waals surface area contributed by atoms with Gasteiger partial charge in [0.15, 0.2) is 0 Å². The number of hydrogen-bond donors (Lipinski definition) is 2. The lowest BCUT2D eigenvalue weighted by molar-refractivity contribution is 0.0664. The number of aromatic nitrogens is 1. The summed E-state index contributed by atoms with van der Waals surface area (Å²) in [4.78, 5) is 37.2. The molecule has 2 amide bonds. The Kier molecular flexibility index (Phi) is 6.75. The first-order valence-electron chi connectivity index (χ1n) is 12.3. The minimum atomic E-state index is -0.284. The van der Waals surface area contributed by atoms with E-state index in [1.807, 2.05) is 30.0 Å². The fourth-order valence-electron chi connectivity index (χ4n) is 4.78. The van der Waals surface area contributed by atoms with E-state index in [0.29, 0.717) is 61.7 Å². The molecule has 188 valence electrons. The van der Waals surface area contributed by atoms with Gasteiger partial charge in [-0.25, -0.2) is 4.98 Å². The molecule has 0 atom stereocenters. The average molecular weight is 490 g/mol. The van der Waals surface area contributed by atoms with Gasteiger partial charge in [0.25, 0.3) is 11.8 Å². The summed E-state index contributed by atoms with van der Waals surface area (Å²) in [5.41, 5.74) is 3.89. The molecule has 0 saturated carbocycles. The van der Waals surface area contributed by atoms with Crippen LogP contribution in [0.5, 0.6) is 5.88 Å². The van der Waals surface area contributed by atoms with Gasteiger partial charge in [-0.3, -0.25) is 9.59 Å². The molecule has 2 aromatic carbocycles. The monoisotopic (exact) mass is 489 g/mol. The molecular weight excluding hydrogens is 458 g/mol. The quantitative estimate of drug-likeness (QED) is 0.582. The summed E-state index contributed by atoms with van der Waals surface area (Å²) in [6.07, 6.45) is 0. The van der Waals surface area contributed by atoms with E-state index in [4.69, 9.17) is 4.74 Å². The van der Waals surface area contributed by atoms with E-state index < -0.39 is 0 Å². The Hall–Kier alpha value is -3.69. The highest BCUT2D eigenvalue weighted by Crippen LogP contribution is 2.28. The van der Waals surface area contributed by atoms with Crippen LogP contribution in [0.1, 0.15) is 26.3 Å². The second-order valence-corrected chi connectivity index (χ2v) is 9.41. The number of amides is 2. The zero-order valence-corrected chi connectivity index (χ0v) is 20.7. The fraction of sp³-hybridized carbons (Fsp3) is 0.370. The van der Waals surface area contributed by atoms with Crippen molar-refractivity contribution in [2.24, 2.45) is 0 Å². The Bertz CT molecular complexity index is 1300. The number of nitrogens with one attached hydrogen (secondary N) is 1. The number of benzene rings is 2. The van der Waals surface area contributed by atoms with Gasteiger partial charge in [0, 0.05) is 67.7 Å². The smallest absolute Gasteiger partial charge is 0.257 e. The van der Waals surface area contributed by atoms with E-state index in [1.54, 1.807) is 24.3 Å². The Morgan fingerprint density at radius 2 is 1.72 bits per heavy atom. The minimum Gasteiger partial charge on any atom is -0.493 e. The van der Waals surface area contributed by atoms with Crippen molar-refractivity contribution < 1.29 is 19.4 Å². The number of likely N-dealkylation sites (N-methyl/N-ethyl adjacent to an activating group) is 1. The van der Waals surface area contributed by atoms with Gasteiger partial charge >= 0.3 is 0 Å². The lowest BCUT2D eigenvalue weighted by Gasteiger charge is -2.33. The molecule has 0 spiro atoms. The SMILES string of the molecule is Cc1cc(O)nc2ccc(NC(=O)c3cc(C(=O)N4CCN(C)CC4)ccc3N3CCOCC3)cc12. The standard InChI is InChI=1S/C27H31N5O4/c1-18-15-25(33)29-23-5-4-20(17-21(18)23)28-26(34)22-16-19(27(35)32-9-7-30(2)8-10-32)3-6-24(22)31-11-13-36-14-12-31/h3-6,15-17H,7-14H2,1-2H3,(H,28,34)(H,29,33). The van der Waals surface area contributed by atoms with E-state index in [1.165, 1.54) is 0 Å². The number of aryl methyl sites for hydroxylation is 1. The molecule has 2 aliphatic rings. The third-order valence-corrected chi connectivity index (χ3v) is 6.89. The topological polar surface area (TPSA) is 98.2 Å². The highest BCUT2D eigenvalue weighted by atomic mass is 16.5. The maximum Gasteiger partial charge on any atom is 0.257 e. The number of carbonyl (C=O) groups excluding carboxylic acids is 2. The molecule has 2 fully saturated rings. The molecule has 1 aromatic heterocycles. The van der Waals surface area contributed by atoms with E-state index in [-0.39, 0.29) is 17.7 Å². The third kappa shape index (κ3) is 4.98. The van der Waals surface area contributed by atoms with Crippen molar-refractivity contribution in [2.45, 2.75) is 6.92 Å². The predicted octanol–water partition coefficient (Wildman–Crippen LogP) is 2.73. The lowest BCUT2D eigenvalue weighted by atomic mass is 10.0. The van der Waals surface area contributed by atoms with Crippen molar-refractivity contribution in [3.8, 4) is 5.88 Å². The van der Waals surface area contributed by atoms with Crippen molar-refractivity contribution in [1.82, 2.24) is 14.8 Å². The number of anilines is 2. The Morgan fingerprint density at radius 3 is 2.47 bits per heavy atom. The van der Waals surface area contributed by atoms with Crippen LogP contribution in [0.3, 0.4) is 0 Å². The number of carbonyl (C=O) groups is 2. The Labute approximate surface area is 210 Å². The van der Waals surface area contributed by atoms with E-state index in [9.17, 15) is 14.7 Å². The van der Waals surface area contributed by atoms with Gasteiger partial charge in [-0.2, -0.15) is 0 Å². The fourth-order valence-corrected chi connectivity index (χ4v) is 4.78. The van der Waals surface area contributed by atoms with E-state index in [2.05, 4.69) is 27.1 Å². The lowest BCUT2D eigenvalue weighted by Crippen LogP contribution is -2.47. The van der Waals surface area contributed by atoms with Gasteiger partial charge in [-0.05, 0) is 55.9 Å². The molecule has 0 aliphatic carbocycles. The number of pyridine rings is 1. The van der Waals surface area contributed by atoms with Crippen molar-refractivity contribution in [3.05, 3.63) is 59.2 Å². The first kappa shape index (κ1) is 24.0. The number of nitrogens with zero attached hydrogens (tertiary/aromatic N) is 4. The number of morpholine rings is 1. The maximum absolute atomic E-state index is 13.6. The van der Waals surface area contributed by atoms with Gasteiger partial charge in [-0.1, -0.05) is 0 Å². The molecule has 3 aromatic rings. The van der Waals surface area contributed by atoms with Crippen molar-refractivity contribution >= 4 is 34.1 Å². The van der Waals surface area contributed by atoms with Crippen molar-refractivity contribution in [1.29, 1.82) is 0 Å². The second kappa shape index (κ2) is 10.1. The highest BCUT2D eigenvalue weighted by Gasteiger charge is 2.25. The van der Waals surface area contributed by atoms with Crippen LogP contribution < -0.4 is 10.2 Å². The summed E-state index contributed by atoms with van der Waals surface area (Å²) >= 11 is 0. The number of ether oxygens (including phenoxy) is 1. The van der Waals surface area contributed by atoms with Crippen LogP contribution in [0.15, 0.2) is 42.5 Å². The molecule has 9 heteroatoms. The van der Waals surface area contributed by atoms with Gasteiger partial charge in [0.2, 0.25) is 5.88 Å². The van der Waals surface area contributed by atoms with Crippen LogP contribution in [0, 0.1) is 6.92 Å². The summed E-state index contributed by atoms with van der Waals surface area (Å²) in [6.45, 7) is 7.42. The molecule has 9 nitrogen and oxygen atoms in total. The largest absolute Gasteiger partial charge is 0.493 e. The number of rotatable bonds is 4. The number of piperazine rings is 1. The van der Waals surface area contributed by atoms with Gasteiger partial charge < -0.3 is 29.9 Å². The van der Waals surface area contributed by atoms with Crippen LogP contribution in [-0.2, 0) is 4.74 Å². The molecule has 0 bridgehead atoms. The third-order valence-electron chi connectivity index (χ3n) is 6.89. The summed E-state index contributed by atoms with van der Waals surface area (Å²) in [7, 11) is 2.05. The molecule has 36 heavy (non-hydrogen) atoms. The van der Waals surface area contributed by atoms with Crippen LogP contribution in [0.25, 0.3) is 10.9 Å². The molecule has 0 unspecified atom stereocenters. The molecule has 2 aliphatic heterocycles. The van der Waals surface area contributed by atoms with Crippen LogP contribution >= 0.6 is 0 Å². The highest BCUT2D eigenvalue weighted by molar-refractivity contribution is 6.10. The molecule has 0 radical (unpaired) electrons. The minimum absolute atomic E-state index is 0.0335. The Morgan fingerprint density at radius 1 is 0.972 bits per heavy atom. The number of fused-ring (bicyclic) bond motifs is 1. The van der Waals surface area contributed by atoms with Gasteiger partial charge in [0.05, 0.1) is 24.3 Å². The van der Waals surface area contributed by atoms with Crippen molar-refractivity contribution in [2.75, 3.05) is 69.7 Å². The zero-order valence-electron chi connectivity index (χ0n) is 20.7. The molecule has 3 heterocycles. The molecule has 2 N–H and O–H groups in total. The van der Waals surface area contributed by atoms with Gasteiger partial charge in [-0.15, -0.1) is 0 Å². The summed E-state index contributed by atoms with van der Waals surface area (Å²) in [5.74, 6) is -0.375. The normalized spacial score (nSPS) is 16.8. The summed E-state index contributed by atoms with van der Waals surface area (Å²) in [6, 6.07) is 12.4. The molecular formula is C27H31N5O4. The molecule has 5 rings (SSSR count). The summed E-state index contributed by atoms with van der Waals surface area (Å²) < 4.78 is 5.50. The van der Waals surface area contributed by atoms with Crippen LogP contribution in [0.4, 0.5) is 11.4 Å². The summed E-state index contributed by atoms with van der Waals surface area (Å²) in [5, 5.41) is 13.6. The average Bonchev–Trinajstić information content (AvgIpc) is 2.89. The van der Waals surface area contributed by atoms with E-state index >= 15 is 0 Å². The van der Waals surface area contributed by atoms with Gasteiger partial charge in [0.1, 0.15) is 0 Å². The second-order valence-electron chi connectivity index (χ2n) is 9.41. The van der Waals surface area contributed by atoms with Crippen LogP contribution in [-0.4, -0.2) is 91.2 Å². The predicted molar refractivity (Wildman–Crippen MR) is 139 cm³/mol. The first-order chi connectivity index (χ1) is 17.4. The zero-order chi connectivity index (χ0) is 25.2. The van der Waals surface area contributed by atoms with E-state index in [0.717, 1.165) is 29.7 Å². The number of aromatic hydroxyl groups is 1. The Balaban J connectivity index is 1.46. The first-order valence-corrected chi connectivity index (χ1v) is 12.3. The van der Waals surface area contributed by atoms with Crippen molar-refractivity contribution in [3.63, 3.8) is 0 Å². The van der Waals surface area contributed by atoms with Crippen LogP contribution in [0.2, 0.25) is 0 Å². The molecule has 2 saturated heterocycles. The number of hydrogen-bond acceptors (Lipinski definition) is 7.